The van der Waals surface area contributed by atoms with Gasteiger partial charge in [-0.1, -0.05) is 6.07 Å². The van der Waals surface area contributed by atoms with Gasteiger partial charge in [0.15, 0.2) is 11.6 Å². The number of carbonyl (C=O) groups is 3. The van der Waals surface area contributed by atoms with Crippen LogP contribution in [-0.4, -0.2) is 90.2 Å². The van der Waals surface area contributed by atoms with Crippen molar-refractivity contribution in [2.24, 2.45) is 29.4 Å². The van der Waals surface area contributed by atoms with Gasteiger partial charge in [-0.2, -0.15) is 0 Å². The molecule has 35 heavy (non-hydrogen) atoms. The first-order chi connectivity index (χ1) is 16.6. The number of phenols is 1. The first-order valence-corrected chi connectivity index (χ1v) is 12.0. The number of anilines is 1. The maximum absolute atomic E-state index is 13.8. The molecule has 2 saturated carbocycles. The third-order valence-corrected chi connectivity index (χ3v) is 8.14. The highest BCUT2D eigenvalue weighted by Crippen LogP contribution is 2.51. The quantitative estimate of drug-likeness (QED) is 0.428. The van der Waals surface area contributed by atoms with E-state index in [-0.39, 0.29) is 28.6 Å². The van der Waals surface area contributed by atoms with E-state index in [2.05, 4.69) is 0 Å². The molecule has 188 valence electrons. The Kier molecular flexibility index (Phi) is 5.85. The van der Waals surface area contributed by atoms with E-state index in [1.165, 1.54) is 0 Å². The van der Waals surface area contributed by atoms with Crippen LogP contribution in [0.4, 0.5) is 5.69 Å². The van der Waals surface area contributed by atoms with E-state index in [0.717, 1.165) is 5.56 Å². The van der Waals surface area contributed by atoms with Gasteiger partial charge in [0.2, 0.25) is 5.91 Å². The summed E-state index contributed by atoms with van der Waals surface area (Å²) in [6.45, 7) is 2.23. The number of aliphatic hydroxyl groups excluding tert-OH is 2. The maximum atomic E-state index is 13.8. The zero-order valence-electron chi connectivity index (χ0n) is 19.8. The summed E-state index contributed by atoms with van der Waals surface area (Å²) in [4.78, 5) is 42.8. The van der Waals surface area contributed by atoms with Crippen LogP contribution in [0.25, 0.3) is 5.76 Å². The Hall–Kier alpha value is -2.95. The molecule has 0 aromatic heterocycles. The molecule has 3 aliphatic carbocycles. The largest absolute Gasteiger partial charge is 0.507 e. The molecule has 2 unspecified atom stereocenters. The number of phenolic OH excluding ortho intramolecular Hbond substituents is 1. The fraction of sp³-hybridized carbons (Fsp3) is 0.560. The van der Waals surface area contributed by atoms with Gasteiger partial charge in [-0.15, -0.1) is 0 Å². The summed E-state index contributed by atoms with van der Waals surface area (Å²) in [7, 11) is 3.46. The standard InChI is InChI=1S/C25H31N3O7/c1-27(2)19-13-10-12-9-11-3-4-14(28-5-7-35-8-6-28)20(29)15(11)21(30)16(12)22(31)17(13)23(32)18(24(19)33)25(26)34/h3-4,12-13,17-19,24,29-30,33H,5-10H2,1-2H3,(H2,26,34)/t12-,13+,17+,18?,19-,24?/m1/s1. The van der Waals surface area contributed by atoms with Crippen LogP contribution in [0.15, 0.2) is 17.7 Å². The van der Waals surface area contributed by atoms with Crippen molar-refractivity contribution in [2.75, 3.05) is 45.3 Å². The van der Waals surface area contributed by atoms with Crippen molar-refractivity contribution in [1.82, 2.24) is 4.90 Å². The predicted octanol–water partition coefficient (Wildman–Crippen LogP) is -0.149. The van der Waals surface area contributed by atoms with E-state index in [1.807, 2.05) is 17.0 Å². The second-order valence-electron chi connectivity index (χ2n) is 10.2. The summed E-state index contributed by atoms with van der Waals surface area (Å²) in [5.41, 5.74) is 7.04. The number of nitrogens with zero attached hydrogens (tertiary/aromatic N) is 2. The maximum Gasteiger partial charge on any atom is 0.230 e. The van der Waals surface area contributed by atoms with E-state index in [1.54, 1.807) is 19.0 Å². The molecule has 3 fully saturated rings. The number of allylic oxidation sites excluding steroid dienone is 1. The molecule has 5 rings (SSSR count). The number of aromatic hydroxyl groups is 1. The van der Waals surface area contributed by atoms with Crippen molar-refractivity contribution in [3.63, 3.8) is 0 Å². The lowest BCUT2D eigenvalue weighted by Gasteiger charge is -2.50. The van der Waals surface area contributed by atoms with E-state index in [4.69, 9.17) is 10.5 Å². The van der Waals surface area contributed by atoms with Crippen molar-refractivity contribution >= 4 is 28.9 Å². The second kappa shape index (κ2) is 8.61. The number of ketones is 2. The number of morpholine rings is 1. The second-order valence-corrected chi connectivity index (χ2v) is 10.2. The summed E-state index contributed by atoms with van der Waals surface area (Å²) in [6, 6.07) is 3.05. The van der Waals surface area contributed by atoms with Crippen LogP contribution in [0.2, 0.25) is 0 Å². The minimum atomic E-state index is -1.50. The van der Waals surface area contributed by atoms with Gasteiger partial charge in [0.1, 0.15) is 17.4 Å². The number of rotatable bonds is 3. The monoisotopic (exact) mass is 485 g/mol. The number of primary amides is 1. The molecule has 10 heteroatoms. The lowest BCUT2D eigenvalue weighted by Crippen LogP contribution is -2.64. The van der Waals surface area contributed by atoms with Crippen molar-refractivity contribution < 1.29 is 34.4 Å². The summed E-state index contributed by atoms with van der Waals surface area (Å²) < 4.78 is 5.39. The number of carbonyl (C=O) groups excluding carboxylic acids is 3. The van der Waals surface area contributed by atoms with Crippen molar-refractivity contribution in [1.29, 1.82) is 0 Å². The van der Waals surface area contributed by atoms with Gasteiger partial charge < -0.3 is 35.6 Å². The third kappa shape index (κ3) is 3.54. The van der Waals surface area contributed by atoms with Crippen LogP contribution >= 0.6 is 0 Å². The number of hydrogen-bond acceptors (Lipinski definition) is 9. The molecule has 5 N–H and O–H groups in total. The highest BCUT2D eigenvalue weighted by molar-refractivity contribution is 6.19. The lowest BCUT2D eigenvalue weighted by atomic mass is 9.57. The van der Waals surface area contributed by atoms with Gasteiger partial charge in [0.25, 0.3) is 0 Å². The van der Waals surface area contributed by atoms with Gasteiger partial charge in [-0.05, 0) is 50.4 Å². The summed E-state index contributed by atoms with van der Waals surface area (Å²) in [5.74, 6) is -6.24. The van der Waals surface area contributed by atoms with Crippen LogP contribution in [0.3, 0.4) is 0 Å². The molecule has 1 aliphatic heterocycles. The van der Waals surface area contributed by atoms with Gasteiger partial charge in [0.05, 0.1) is 36.5 Å². The number of ether oxygens (including phenoxy) is 1. The Morgan fingerprint density at radius 3 is 2.49 bits per heavy atom. The summed E-state index contributed by atoms with van der Waals surface area (Å²) >= 11 is 0. The Balaban J connectivity index is 1.59. The van der Waals surface area contributed by atoms with Crippen molar-refractivity contribution in [2.45, 2.75) is 25.0 Å². The molecule has 1 aromatic carbocycles. The molecular weight excluding hydrogens is 454 g/mol. The molecule has 0 radical (unpaired) electrons. The van der Waals surface area contributed by atoms with Crippen LogP contribution in [0.1, 0.15) is 17.5 Å². The first kappa shape index (κ1) is 23.8. The van der Waals surface area contributed by atoms with Crippen LogP contribution < -0.4 is 10.6 Å². The molecule has 4 aliphatic rings. The average molecular weight is 486 g/mol. The van der Waals surface area contributed by atoms with Crippen LogP contribution in [0.5, 0.6) is 5.75 Å². The fourth-order valence-electron chi connectivity index (χ4n) is 6.64. The molecule has 0 bridgehead atoms. The minimum Gasteiger partial charge on any atom is -0.507 e. The summed E-state index contributed by atoms with van der Waals surface area (Å²) in [5, 5.41) is 33.3. The number of likely N-dealkylation sites (N-methyl/N-ethyl adjacent to an activating group) is 1. The van der Waals surface area contributed by atoms with Crippen LogP contribution in [0, 0.1) is 23.7 Å². The Bertz CT molecular complexity index is 1120. The zero-order valence-corrected chi connectivity index (χ0v) is 19.8. The van der Waals surface area contributed by atoms with Crippen molar-refractivity contribution in [3.8, 4) is 5.75 Å². The number of nitrogens with two attached hydrogens (primary N) is 1. The van der Waals surface area contributed by atoms with E-state index in [0.29, 0.717) is 44.8 Å². The molecule has 6 atom stereocenters. The number of Topliss-reactive ketones (excluding diaryl/α,β-unsaturated/α-hetero) is 2. The Morgan fingerprint density at radius 2 is 1.86 bits per heavy atom. The molecule has 10 nitrogen and oxygen atoms in total. The van der Waals surface area contributed by atoms with Crippen molar-refractivity contribution in [3.05, 3.63) is 28.8 Å². The molecule has 0 spiro atoms. The fourth-order valence-corrected chi connectivity index (χ4v) is 6.64. The highest BCUT2D eigenvalue weighted by Gasteiger charge is 2.59. The molecule has 1 heterocycles. The Labute approximate surface area is 202 Å². The average Bonchev–Trinajstić information content (AvgIpc) is 2.78. The summed E-state index contributed by atoms with van der Waals surface area (Å²) in [6.07, 6.45) is -0.540. The predicted molar refractivity (Wildman–Crippen MR) is 126 cm³/mol. The number of amides is 1. The number of benzene rings is 1. The molecule has 1 amide bonds. The molecular formula is C25H31N3O7. The smallest absolute Gasteiger partial charge is 0.230 e. The molecule has 1 saturated heterocycles. The number of aliphatic hydroxyl groups is 2. The first-order valence-electron chi connectivity index (χ1n) is 12.0. The van der Waals surface area contributed by atoms with Gasteiger partial charge in [-0.3, -0.25) is 14.4 Å². The van der Waals surface area contributed by atoms with E-state index >= 15 is 0 Å². The van der Waals surface area contributed by atoms with Gasteiger partial charge in [-0.25, -0.2) is 0 Å². The zero-order chi connectivity index (χ0) is 25.2. The molecule has 1 aromatic rings. The highest BCUT2D eigenvalue weighted by atomic mass is 16.5. The normalized spacial score (nSPS) is 32.9. The van der Waals surface area contributed by atoms with E-state index < -0.39 is 47.4 Å². The minimum absolute atomic E-state index is 0.102. The lowest BCUT2D eigenvalue weighted by molar-refractivity contribution is -0.157. The van der Waals surface area contributed by atoms with Crippen LogP contribution in [-0.2, 0) is 25.5 Å². The van der Waals surface area contributed by atoms with Gasteiger partial charge in [0, 0.05) is 24.7 Å². The number of hydrogen-bond donors (Lipinski definition) is 4. The van der Waals surface area contributed by atoms with E-state index in [9.17, 15) is 29.7 Å². The number of fused-ring (bicyclic) bond motifs is 3. The van der Waals surface area contributed by atoms with Gasteiger partial charge >= 0.3 is 0 Å². The topological polar surface area (TPSA) is 154 Å². The Morgan fingerprint density at radius 1 is 1.17 bits per heavy atom. The SMILES string of the molecule is CN(C)[C@H]1C(O)C(C(N)=O)C(=O)[C@@H]2C(=O)C3=C(O)c4c(ccc(N5CCOCC5)c4O)C[C@@H]3C[C@@H]21. The third-order valence-electron chi connectivity index (χ3n) is 8.14.